The second-order valence-corrected chi connectivity index (χ2v) is 11.4. The monoisotopic (exact) mass is 552 g/mol. The molecule has 2 aromatic rings. The van der Waals surface area contributed by atoms with Gasteiger partial charge in [-0.3, -0.25) is 14.4 Å². The molecule has 0 spiro atoms. The van der Waals surface area contributed by atoms with Gasteiger partial charge in [0.05, 0.1) is 6.54 Å². The lowest BCUT2D eigenvalue weighted by molar-refractivity contribution is -0.159. The Morgan fingerprint density at radius 1 is 1.07 bits per heavy atom. The quantitative estimate of drug-likeness (QED) is 0.523. The number of amides is 4. The number of carbonyl (C=O) groups excluding carboxylic acids is 3. The van der Waals surface area contributed by atoms with Gasteiger partial charge in [-0.1, -0.05) is 50.2 Å². The Kier molecular flexibility index (Phi) is 8.46. The van der Waals surface area contributed by atoms with Gasteiger partial charge in [0.1, 0.15) is 23.9 Å². The fourth-order valence-corrected chi connectivity index (χ4v) is 5.73. The van der Waals surface area contributed by atoms with Gasteiger partial charge in [-0.25, -0.2) is 9.18 Å². The number of piperazine rings is 1. The molecule has 1 saturated heterocycles. The highest BCUT2D eigenvalue weighted by Gasteiger charge is 2.49. The summed E-state index contributed by atoms with van der Waals surface area (Å²) in [5.41, 5.74) is 2.63. The fourth-order valence-electron chi connectivity index (χ4n) is 5.73. The molecule has 2 N–H and O–H groups in total. The molecule has 1 fully saturated rings. The summed E-state index contributed by atoms with van der Waals surface area (Å²) >= 11 is 0. The van der Waals surface area contributed by atoms with Crippen molar-refractivity contribution in [3.8, 4) is 0 Å². The van der Waals surface area contributed by atoms with Gasteiger partial charge in [-0.15, -0.1) is 0 Å². The van der Waals surface area contributed by atoms with Crippen LogP contribution in [0, 0.1) is 17.7 Å². The Balaban J connectivity index is 1.75. The molecule has 4 rings (SSSR count). The van der Waals surface area contributed by atoms with Gasteiger partial charge in [0, 0.05) is 26.7 Å². The molecule has 0 unspecified atom stereocenters. The minimum atomic E-state index is -1.23. The predicted molar refractivity (Wildman–Crippen MR) is 147 cm³/mol. The number of likely N-dealkylation sites (N-methyl/N-ethyl adjacent to an activating group) is 1. The highest BCUT2D eigenvalue weighted by Crippen LogP contribution is 2.36. The molecule has 3 atom stereocenters. The van der Waals surface area contributed by atoms with E-state index in [9.17, 15) is 24.3 Å². The van der Waals surface area contributed by atoms with Gasteiger partial charge >= 0.3 is 6.09 Å². The van der Waals surface area contributed by atoms with E-state index < -0.39 is 35.9 Å². The highest BCUT2D eigenvalue weighted by atomic mass is 19.1. The first-order valence-corrected chi connectivity index (χ1v) is 13.5. The molecule has 4 amide bonds. The van der Waals surface area contributed by atoms with Crippen LogP contribution in [0.3, 0.4) is 0 Å². The van der Waals surface area contributed by atoms with Crippen LogP contribution < -0.4 is 5.32 Å². The number of carboxylic acid groups (broad SMARTS) is 1. The average Bonchev–Trinajstić information content (AvgIpc) is 3.32. The SMILES string of the molecule is CC(C)C[C@@H]1C(=O)N[C@H](C2Cc3ccccc3C2)C(=O)N1[C@@H](C(=O)N(C)C)c1ccc(CN(C)C(=O)O)c(F)c1. The van der Waals surface area contributed by atoms with Crippen LogP contribution in [0.1, 0.15) is 48.6 Å². The molecule has 1 aliphatic heterocycles. The van der Waals surface area contributed by atoms with E-state index in [0.29, 0.717) is 19.3 Å². The van der Waals surface area contributed by atoms with Crippen LogP contribution in [0.25, 0.3) is 0 Å². The van der Waals surface area contributed by atoms with Gasteiger partial charge in [0.2, 0.25) is 17.7 Å². The number of nitrogens with zero attached hydrogens (tertiary/aromatic N) is 3. The third-order valence-corrected chi connectivity index (χ3v) is 7.79. The number of nitrogens with one attached hydrogen (secondary N) is 1. The van der Waals surface area contributed by atoms with Gasteiger partial charge < -0.3 is 25.1 Å². The van der Waals surface area contributed by atoms with Crippen molar-refractivity contribution in [2.75, 3.05) is 21.1 Å². The number of hydrogen-bond donors (Lipinski definition) is 2. The number of hydrogen-bond acceptors (Lipinski definition) is 4. The first-order chi connectivity index (χ1) is 18.9. The number of halogens is 1. The van der Waals surface area contributed by atoms with E-state index in [4.69, 9.17) is 0 Å². The van der Waals surface area contributed by atoms with E-state index in [2.05, 4.69) is 5.32 Å². The van der Waals surface area contributed by atoms with E-state index in [-0.39, 0.29) is 41.3 Å². The lowest BCUT2D eigenvalue weighted by Crippen LogP contribution is -2.67. The van der Waals surface area contributed by atoms with Crippen LogP contribution in [0.5, 0.6) is 0 Å². The van der Waals surface area contributed by atoms with E-state index in [1.807, 2.05) is 38.1 Å². The summed E-state index contributed by atoms with van der Waals surface area (Å²) in [4.78, 5) is 56.5. The zero-order valence-electron chi connectivity index (χ0n) is 23.6. The lowest BCUT2D eigenvalue weighted by atomic mass is 9.87. The van der Waals surface area contributed by atoms with Crippen molar-refractivity contribution < 1.29 is 28.7 Å². The van der Waals surface area contributed by atoms with E-state index >= 15 is 4.39 Å². The van der Waals surface area contributed by atoms with Crippen molar-refractivity contribution in [2.45, 2.75) is 57.8 Å². The topological polar surface area (TPSA) is 110 Å². The van der Waals surface area contributed by atoms with Crippen molar-refractivity contribution in [3.05, 3.63) is 70.5 Å². The minimum Gasteiger partial charge on any atom is -0.465 e. The lowest BCUT2D eigenvalue weighted by Gasteiger charge is -2.45. The standard InChI is InChI=1S/C30H37FN4O5/c1-17(2)12-24-27(36)32-25(22-13-18-8-6-7-9-19(18)14-22)28(37)35(24)26(29(38)33(3)4)20-10-11-21(23(31)15-20)16-34(5)30(39)40/h6-11,15,17,22,24-26H,12-14,16H2,1-5H3,(H,32,36)(H,39,40)/t24-,25-,26-/m1/s1. The van der Waals surface area contributed by atoms with Crippen LogP contribution >= 0.6 is 0 Å². The molecule has 0 aromatic heterocycles. The Morgan fingerprint density at radius 3 is 2.23 bits per heavy atom. The molecular weight excluding hydrogens is 515 g/mol. The fraction of sp³-hybridized carbons (Fsp3) is 0.467. The summed E-state index contributed by atoms with van der Waals surface area (Å²) in [7, 11) is 4.44. The maximum absolute atomic E-state index is 15.3. The van der Waals surface area contributed by atoms with Gasteiger partial charge in [-0.05, 0) is 53.9 Å². The molecule has 0 bridgehead atoms. The molecule has 0 saturated carbocycles. The van der Waals surface area contributed by atoms with Crippen LogP contribution in [-0.2, 0) is 33.8 Å². The van der Waals surface area contributed by atoms with E-state index in [0.717, 1.165) is 16.0 Å². The minimum absolute atomic E-state index is 0.0408. The van der Waals surface area contributed by atoms with Crippen molar-refractivity contribution in [1.82, 2.24) is 20.0 Å². The van der Waals surface area contributed by atoms with Crippen LogP contribution in [0.15, 0.2) is 42.5 Å². The van der Waals surface area contributed by atoms with Gasteiger partial charge in [0.15, 0.2) is 0 Å². The Hall–Kier alpha value is -3.95. The molecule has 1 heterocycles. The number of rotatable bonds is 8. The normalized spacial score (nSPS) is 19.8. The maximum Gasteiger partial charge on any atom is 0.407 e. The smallest absolute Gasteiger partial charge is 0.407 e. The summed E-state index contributed by atoms with van der Waals surface area (Å²) in [6, 6.07) is 9.11. The second kappa shape index (κ2) is 11.7. The molecule has 214 valence electrons. The largest absolute Gasteiger partial charge is 0.465 e. The van der Waals surface area contributed by atoms with Crippen LogP contribution in [0.2, 0.25) is 0 Å². The van der Waals surface area contributed by atoms with Crippen molar-refractivity contribution in [2.24, 2.45) is 11.8 Å². The molecule has 9 nitrogen and oxygen atoms in total. The van der Waals surface area contributed by atoms with Crippen LogP contribution in [0.4, 0.5) is 9.18 Å². The number of carbonyl (C=O) groups is 4. The third-order valence-electron chi connectivity index (χ3n) is 7.79. The van der Waals surface area contributed by atoms with Crippen molar-refractivity contribution >= 4 is 23.8 Å². The van der Waals surface area contributed by atoms with Gasteiger partial charge in [-0.2, -0.15) is 0 Å². The predicted octanol–water partition coefficient (Wildman–Crippen LogP) is 3.22. The first kappa shape index (κ1) is 29.0. The average molecular weight is 553 g/mol. The molecule has 0 radical (unpaired) electrons. The molecule has 40 heavy (non-hydrogen) atoms. The van der Waals surface area contributed by atoms with Crippen LogP contribution in [-0.4, -0.2) is 76.8 Å². The zero-order chi connectivity index (χ0) is 29.3. The number of benzene rings is 2. The second-order valence-electron chi connectivity index (χ2n) is 11.4. The molecule has 2 aromatic carbocycles. The molecule has 2 aliphatic rings. The molecular formula is C30H37FN4O5. The van der Waals surface area contributed by atoms with E-state index in [1.54, 1.807) is 14.1 Å². The van der Waals surface area contributed by atoms with Gasteiger partial charge in [0.25, 0.3) is 0 Å². The maximum atomic E-state index is 15.3. The van der Waals surface area contributed by atoms with E-state index in [1.165, 1.54) is 35.0 Å². The Labute approximate surface area is 233 Å². The van der Waals surface area contributed by atoms with Crippen molar-refractivity contribution in [1.29, 1.82) is 0 Å². The Bertz CT molecular complexity index is 1290. The summed E-state index contributed by atoms with van der Waals surface area (Å²) in [5, 5.41) is 12.1. The summed E-state index contributed by atoms with van der Waals surface area (Å²) in [6.45, 7) is 3.69. The summed E-state index contributed by atoms with van der Waals surface area (Å²) < 4.78 is 15.3. The number of fused-ring (bicyclic) bond motifs is 1. The summed E-state index contributed by atoms with van der Waals surface area (Å²) in [6.07, 6.45) is 0.381. The Morgan fingerprint density at radius 2 is 1.70 bits per heavy atom. The zero-order valence-corrected chi connectivity index (χ0v) is 23.6. The van der Waals surface area contributed by atoms with Crippen molar-refractivity contribution in [3.63, 3.8) is 0 Å². The summed E-state index contributed by atoms with van der Waals surface area (Å²) in [5.74, 6) is -1.97. The highest BCUT2D eigenvalue weighted by molar-refractivity contribution is 6.00. The first-order valence-electron chi connectivity index (χ1n) is 13.5. The third kappa shape index (κ3) is 5.80. The molecule has 10 heteroatoms. The molecule has 1 aliphatic carbocycles.